The van der Waals surface area contributed by atoms with Crippen LogP contribution < -0.4 is 4.74 Å². The molecule has 2 aromatic heterocycles. The van der Waals surface area contributed by atoms with E-state index < -0.39 is 10.8 Å². The third kappa shape index (κ3) is 3.16. The number of methoxy groups -OCH3 is 1. The van der Waals surface area contributed by atoms with Crippen LogP contribution in [0.5, 0.6) is 5.88 Å². The van der Waals surface area contributed by atoms with Gasteiger partial charge in [0.1, 0.15) is 0 Å². The summed E-state index contributed by atoms with van der Waals surface area (Å²) in [6.07, 6.45) is 8.23. The van der Waals surface area contributed by atoms with Gasteiger partial charge >= 0.3 is 0 Å². The van der Waals surface area contributed by atoms with Crippen LogP contribution in [0, 0.1) is 0 Å². The molecule has 146 valence electrons. The average molecular weight is 426 g/mol. The first kappa shape index (κ1) is 19.4. The number of aromatic nitrogens is 3. The average Bonchev–Trinajstić information content (AvgIpc) is 3.29. The number of aromatic amines is 1. The molecule has 4 rings (SSSR count). The molecule has 2 unspecified atom stereocenters. The summed E-state index contributed by atoms with van der Waals surface area (Å²) in [4.78, 5) is 15.9. The van der Waals surface area contributed by atoms with Crippen molar-refractivity contribution in [3.8, 4) is 5.88 Å². The number of rotatable bonds is 5. The molecule has 5 nitrogen and oxygen atoms in total. The molecule has 0 saturated heterocycles. The lowest BCUT2D eigenvalue weighted by atomic mass is 9.71. The zero-order valence-electron chi connectivity index (χ0n) is 15.5. The minimum absolute atomic E-state index is 0.238. The fourth-order valence-corrected chi connectivity index (χ4v) is 4.38. The monoisotopic (exact) mass is 425 g/mol. The van der Waals surface area contributed by atoms with Crippen LogP contribution in [0.25, 0.3) is 5.57 Å². The summed E-state index contributed by atoms with van der Waals surface area (Å²) < 4.78 is 5.32. The predicted octanol–water partition coefficient (Wildman–Crippen LogP) is 4.83. The van der Waals surface area contributed by atoms with Gasteiger partial charge in [-0.3, -0.25) is 9.89 Å². The Balaban J connectivity index is 1.93. The highest BCUT2D eigenvalue weighted by molar-refractivity contribution is 6.34. The number of hydrogen-bond acceptors (Lipinski definition) is 4. The quantitative estimate of drug-likeness (QED) is 0.469. The highest BCUT2D eigenvalue weighted by Crippen LogP contribution is 2.47. The van der Waals surface area contributed by atoms with Crippen LogP contribution in [0.4, 0.5) is 0 Å². The number of ether oxygens (including phenoxy) is 1. The Kier molecular flexibility index (Phi) is 5.26. The van der Waals surface area contributed by atoms with Gasteiger partial charge in [0.05, 0.1) is 34.9 Å². The van der Waals surface area contributed by atoms with Crippen molar-refractivity contribution in [3.63, 3.8) is 0 Å². The number of aldehydes is 1. The van der Waals surface area contributed by atoms with E-state index in [0.717, 1.165) is 16.8 Å². The summed E-state index contributed by atoms with van der Waals surface area (Å²) in [6, 6.07) is 12.9. The summed E-state index contributed by atoms with van der Waals surface area (Å²) in [6.45, 7) is 0. The van der Waals surface area contributed by atoms with Crippen LogP contribution in [0.15, 0.2) is 66.9 Å². The van der Waals surface area contributed by atoms with E-state index in [-0.39, 0.29) is 5.88 Å². The maximum Gasteiger partial charge on any atom is 0.224 e. The van der Waals surface area contributed by atoms with E-state index in [4.69, 9.17) is 27.9 Å². The first-order valence-electron chi connectivity index (χ1n) is 8.90. The van der Waals surface area contributed by atoms with E-state index in [0.29, 0.717) is 22.6 Å². The van der Waals surface area contributed by atoms with Gasteiger partial charge in [0, 0.05) is 11.2 Å². The largest absolute Gasteiger partial charge is 0.480 e. The molecule has 7 heteroatoms. The van der Waals surface area contributed by atoms with Gasteiger partial charge in [-0.2, -0.15) is 5.10 Å². The molecule has 1 N–H and O–H groups in total. The number of halogens is 2. The van der Waals surface area contributed by atoms with Crippen molar-refractivity contribution in [1.29, 1.82) is 0 Å². The third-order valence-corrected chi connectivity index (χ3v) is 5.98. The van der Waals surface area contributed by atoms with Gasteiger partial charge < -0.3 is 4.74 Å². The van der Waals surface area contributed by atoms with Crippen molar-refractivity contribution in [3.05, 3.63) is 94.4 Å². The highest BCUT2D eigenvalue weighted by atomic mass is 35.5. The zero-order chi connectivity index (χ0) is 20.4. The number of allylic oxidation sites excluding steroid dienone is 4. The molecule has 0 aliphatic heterocycles. The second kappa shape index (κ2) is 7.85. The predicted molar refractivity (Wildman–Crippen MR) is 114 cm³/mol. The molecule has 2 heterocycles. The van der Waals surface area contributed by atoms with Crippen molar-refractivity contribution in [2.24, 2.45) is 0 Å². The number of carbonyl (C=O) groups excluding carboxylic acids is 1. The summed E-state index contributed by atoms with van der Waals surface area (Å²) in [5.41, 5.74) is 2.59. The number of carbonyl (C=O) groups is 1. The van der Waals surface area contributed by atoms with Gasteiger partial charge in [0.2, 0.25) is 5.88 Å². The van der Waals surface area contributed by atoms with Crippen LogP contribution in [0.2, 0.25) is 5.02 Å². The summed E-state index contributed by atoms with van der Waals surface area (Å²) in [7, 11) is 1.48. The molecule has 0 saturated carbocycles. The molecule has 0 spiro atoms. The maximum absolute atomic E-state index is 11.3. The molecule has 29 heavy (non-hydrogen) atoms. The Bertz CT molecular complexity index is 1110. The summed E-state index contributed by atoms with van der Waals surface area (Å²) >= 11 is 13.6. The molecule has 1 aliphatic rings. The lowest BCUT2D eigenvalue weighted by Gasteiger charge is -2.37. The van der Waals surface area contributed by atoms with Crippen LogP contribution in [-0.4, -0.2) is 34.0 Å². The molecular weight excluding hydrogens is 409 g/mol. The third-order valence-electron chi connectivity index (χ3n) is 5.07. The molecule has 1 aliphatic carbocycles. The number of nitrogens with one attached hydrogen (secondary N) is 1. The normalized spacial score (nSPS) is 20.9. The first-order chi connectivity index (χ1) is 14.1. The van der Waals surface area contributed by atoms with Gasteiger partial charge in [0.15, 0.2) is 6.29 Å². The van der Waals surface area contributed by atoms with Crippen LogP contribution >= 0.6 is 23.2 Å². The lowest BCUT2D eigenvalue weighted by molar-refractivity contribution is 0.112. The van der Waals surface area contributed by atoms with E-state index in [1.54, 1.807) is 18.3 Å². The smallest absolute Gasteiger partial charge is 0.224 e. The number of benzene rings is 1. The molecule has 0 radical (unpaired) electrons. The SMILES string of the molecule is COc1nc(C2(c3ccn[nH]3)C=CC=C(c3ccccc3Cl)C2Cl)ccc1C=O. The van der Waals surface area contributed by atoms with Crippen molar-refractivity contribution >= 4 is 35.1 Å². The van der Waals surface area contributed by atoms with E-state index in [2.05, 4.69) is 15.2 Å². The van der Waals surface area contributed by atoms with Gasteiger partial charge in [-0.15, -0.1) is 11.6 Å². The number of nitrogens with zero attached hydrogens (tertiary/aromatic N) is 2. The van der Waals surface area contributed by atoms with E-state index in [9.17, 15) is 4.79 Å². The standard InChI is InChI=1S/C22H17Cl2N3O2/c1-29-21-14(13-28)8-9-18(26-21)22(19-10-12-25-27-19)11-4-6-16(20(22)24)15-5-2-3-7-17(15)23/h2-13,20H,1H3,(H,25,27). The van der Waals surface area contributed by atoms with Gasteiger partial charge in [-0.05, 0) is 35.4 Å². The van der Waals surface area contributed by atoms with Crippen LogP contribution in [0.3, 0.4) is 0 Å². The molecule has 3 aromatic rings. The van der Waals surface area contributed by atoms with Gasteiger partial charge in [0.25, 0.3) is 0 Å². The second-order valence-electron chi connectivity index (χ2n) is 6.58. The van der Waals surface area contributed by atoms with E-state index in [1.165, 1.54) is 7.11 Å². The Labute approximate surface area is 178 Å². The molecule has 2 atom stereocenters. The minimum Gasteiger partial charge on any atom is -0.480 e. The Morgan fingerprint density at radius 3 is 2.72 bits per heavy atom. The van der Waals surface area contributed by atoms with Crippen molar-refractivity contribution < 1.29 is 9.53 Å². The molecule has 0 fully saturated rings. The first-order valence-corrected chi connectivity index (χ1v) is 9.72. The topological polar surface area (TPSA) is 67.9 Å². The molecule has 0 amide bonds. The zero-order valence-corrected chi connectivity index (χ0v) is 17.0. The molecule has 1 aromatic carbocycles. The van der Waals surface area contributed by atoms with Crippen LogP contribution in [-0.2, 0) is 5.41 Å². The van der Waals surface area contributed by atoms with Crippen LogP contribution in [0.1, 0.15) is 27.3 Å². The minimum atomic E-state index is -0.865. The van der Waals surface area contributed by atoms with E-state index >= 15 is 0 Å². The fraction of sp³-hybridized carbons (Fsp3) is 0.136. The fourth-order valence-electron chi connectivity index (χ4n) is 3.64. The maximum atomic E-state index is 11.3. The number of H-pyrrole nitrogens is 1. The number of pyridine rings is 1. The molecular formula is C22H17Cl2N3O2. The lowest BCUT2D eigenvalue weighted by Crippen LogP contribution is -2.39. The van der Waals surface area contributed by atoms with Gasteiger partial charge in [-0.1, -0.05) is 48.0 Å². The Morgan fingerprint density at radius 1 is 1.21 bits per heavy atom. The van der Waals surface area contributed by atoms with Gasteiger partial charge in [-0.25, -0.2) is 4.98 Å². The van der Waals surface area contributed by atoms with Crippen molar-refractivity contribution in [2.45, 2.75) is 10.8 Å². The Hall–Kier alpha value is -2.89. The second-order valence-corrected chi connectivity index (χ2v) is 7.42. The van der Waals surface area contributed by atoms with Crippen molar-refractivity contribution in [1.82, 2.24) is 15.2 Å². The number of alkyl halides is 1. The van der Waals surface area contributed by atoms with E-state index in [1.807, 2.05) is 48.6 Å². The van der Waals surface area contributed by atoms with Crippen molar-refractivity contribution in [2.75, 3.05) is 7.11 Å². The Morgan fingerprint density at radius 2 is 2.03 bits per heavy atom. The summed E-state index contributed by atoms with van der Waals surface area (Å²) in [5.74, 6) is 0.238. The number of hydrogen-bond donors (Lipinski definition) is 1. The molecule has 0 bridgehead atoms. The summed E-state index contributed by atoms with van der Waals surface area (Å²) in [5, 5.41) is 7.21. The highest BCUT2D eigenvalue weighted by Gasteiger charge is 2.45.